The van der Waals surface area contributed by atoms with Gasteiger partial charge in [-0.25, -0.2) is 13.2 Å². The molecule has 0 radical (unpaired) electrons. The number of likely N-dealkylation sites (N-methyl/N-ethyl adjacent to an activating group) is 1. The van der Waals surface area contributed by atoms with Gasteiger partial charge in [-0.3, -0.25) is 19.2 Å². The van der Waals surface area contributed by atoms with Gasteiger partial charge < -0.3 is 26.2 Å². The summed E-state index contributed by atoms with van der Waals surface area (Å²) in [5, 5.41) is 13.2. The summed E-state index contributed by atoms with van der Waals surface area (Å²) in [6.45, 7) is 14.6. The number of piperidine rings is 1. The van der Waals surface area contributed by atoms with E-state index in [0.29, 0.717) is 24.3 Å². The van der Waals surface area contributed by atoms with E-state index in [2.05, 4.69) is 35.1 Å². The van der Waals surface area contributed by atoms with E-state index in [4.69, 9.17) is 0 Å². The molecule has 1 unspecified atom stereocenters. The number of amides is 5. The first-order valence-corrected chi connectivity index (χ1v) is 21.3. The van der Waals surface area contributed by atoms with Crippen molar-refractivity contribution >= 4 is 50.9 Å². The summed E-state index contributed by atoms with van der Waals surface area (Å²) in [4.78, 5) is 71.0. The summed E-state index contributed by atoms with van der Waals surface area (Å²) in [6, 6.07) is -2.26. The van der Waals surface area contributed by atoms with Crippen LogP contribution in [0.1, 0.15) is 105 Å². The monoisotopic (exact) mass is 762 g/mol. The van der Waals surface area contributed by atoms with E-state index in [0.717, 1.165) is 43.4 Å². The molecule has 0 spiro atoms. The summed E-state index contributed by atoms with van der Waals surface area (Å²) in [5.74, 6) is -2.41. The van der Waals surface area contributed by atoms with Crippen molar-refractivity contribution < 1.29 is 32.4 Å². The molecule has 5 amide bonds. The Kier molecular flexibility index (Phi) is 12.2. The maximum Gasteiger partial charge on any atom is 0.315 e. The first-order chi connectivity index (χ1) is 24.4. The van der Waals surface area contributed by atoms with Crippen LogP contribution in [0.3, 0.4) is 0 Å². The summed E-state index contributed by atoms with van der Waals surface area (Å²) < 4.78 is 28.0. The normalized spacial score (nSPS) is 25.3. The molecule has 1 aromatic heterocycles. The molecule has 2 aliphatic carbocycles. The third-order valence-corrected chi connectivity index (χ3v) is 14.8. The predicted octanol–water partition coefficient (Wildman–Crippen LogP) is 3.78. The molecule has 6 atom stereocenters. The van der Waals surface area contributed by atoms with Gasteiger partial charge in [0.2, 0.25) is 27.6 Å². The van der Waals surface area contributed by atoms with Gasteiger partial charge in [-0.1, -0.05) is 73.6 Å². The van der Waals surface area contributed by atoms with E-state index in [1.807, 2.05) is 27.7 Å². The van der Waals surface area contributed by atoms with Crippen molar-refractivity contribution in [2.75, 3.05) is 19.6 Å². The first kappa shape index (κ1) is 40.2. The second-order valence-corrected chi connectivity index (χ2v) is 19.6. The van der Waals surface area contributed by atoms with Gasteiger partial charge in [-0.15, -0.1) is 11.3 Å². The SMILES string of the molecule is CCCCC(NC(=O)[C@@H]1[C@@H]2[C@H](CN1C(=O)[C@@H](NC(=O)N[C@H](CN1Cc3sccc3S1(=O)=O)C(C)(C)C)C1CCCCC1)C2(C)C)C(=O)C(=O)NCC. The van der Waals surface area contributed by atoms with Gasteiger partial charge >= 0.3 is 6.03 Å². The molecule has 1 aromatic rings. The third kappa shape index (κ3) is 8.20. The standard InChI is InChI=1S/C37H58N6O7S2/c1-8-10-16-24(31(44)33(46)38-9-2)39-32(45)30-28-23(37(28,6)7)19-43(30)34(47)29(22-14-12-11-13-15-22)41-35(48)40-27(36(3,4)5)21-42-20-25-26(17-18-51-25)52(42,49)50/h17-18,22-24,27-30H,8-16,19-21H2,1-7H3,(H,38,46)(H,39,45)(H2,40,41,48)/t23-,24?,27+,28-,29-,30-/m0/s1. The second kappa shape index (κ2) is 15.7. The van der Waals surface area contributed by atoms with E-state index >= 15 is 0 Å². The number of nitrogens with one attached hydrogen (secondary N) is 4. The Hall–Kier alpha value is -3.04. The minimum Gasteiger partial charge on any atom is -0.350 e. The zero-order chi connectivity index (χ0) is 38.2. The van der Waals surface area contributed by atoms with Crippen LogP contribution in [0.15, 0.2) is 16.3 Å². The first-order valence-electron chi connectivity index (χ1n) is 19.0. The van der Waals surface area contributed by atoms with Crippen LogP contribution in [0, 0.1) is 28.6 Å². The number of sulfonamides is 1. The van der Waals surface area contributed by atoms with E-state index < -0.39 is 63.2 Å². The number of hydrogen-bond acceptors (Lipinski definition) is 8. The summed E-state index contributed by atoms with van der Waals surface area (Å²) in [5.41, 5.74) is -0.705. The highest BCUT2D eigenvalue weighted by Gasteiger charge is 2.69. The molecule has 1 saturated heterocycles. The third-order valence-electron chi connectivity index (χ3n) is 11.9. The van der Waals surface area contributed by atoms with Crippen LogP contribution in [0.5, 0.6) is 0 Å². The van der Waals surface area contributed by atoms with Gasteiger partial charge in [-0.05, 0) is 66.2 Å². The Labute approximate surface area is 312 Å². The lowest BCUT2D eigenvalue weighted by Crippen LogP contribution is -2.61. The predicted molar refractivity (Wildman–Crippen MR) is 199 cm³/mol. The largest absolute Gasteiger partial charge is 0.350 e. The number of rotatable bonds is 14. The molecule has 3 heterocycles. The molecular weight excluding hydrogens is 705 g/mol. The van der Waals surface area contributed by atoms with Crippen LogP contribution >= 0.6 is 11.3 Å². The topological polar surface area (TPSA) is 174 Å². The van der Waals surface area contributed by atoms with E-state index in [9.17, 15) is 32.4 Å². The molecule has 0 aromatic carbocycles. The van der Waals surface area contributed by atoms with Crippen molar-refractivity contribution in [3.63, 3.8) is 0 Å². The van der Waals surface area contributed by atoms with Crippen LogP contribution < -0.4 is 21.3 Å². The molecule has 290 valence electrons. The fourth-order valence-corrected chi connectivity index (χ4v) is 11.4. The number of urea groups is 1. The highest BCUT2D eigenvalue weighted by molar-refractivity contribution is 7.89. The number of thiophene rings is 1. The van der Waals surface area contributed by atoms with Crippen LogP contribution in [-0.4, -0.2) is 91.0 Å². The van der Waals surface area contributed by atoms with Crippen molar-refractivity contribution in [2.24, 2.45) is 28.6 Å². The second-order valence-electron chi connectivity index (χ2n) is 16.7. The van der Waals surface area contributed by atoms with Crippen LogP contribution in [-0.2, 0) is 35.7 Å². The van der Waals surface area contributed by atoms with Crippen LogP contribution in [0.2, 0.25) is 0 Å². The van der Waals surface area contributed by atoms with Gasteiger partial charge in [0.15, 0.2) is 0 Å². The molecule has 15 heteroatoms. The lowest BCUT2D eigenvalue weighted by molar-refractivity contribution is -0.144. The zero-order valence-electron chi connectivity index (χ0n) is 31.8. The molecule has 13 nitrogen and oxygen atoms in total. The van der Waals surface area contributed by atoms with Gasteiger partial charge in [0, 0.05) is 37.1 Å². The Morgan fingerprint density at radius 2 is 1.71 bits per heavy atom. The number of hydrogen-bond donors (Lipinski definition) is 4. The van der Waals surface area contributed by atoms with Gasteiger partial charge in [-0.2, -0.15) is 4.31 Å². The molecule has 4 aliphatic rings. The number of nitrogens with zero attached hydrogens (tertiary/aromatic N) is 2. The Morgan fingerprint density at radius 1 is 1.02 bits per heavy atom. The number of fused-ring (bicyclic) bond motifs is 2. The fourth-order valence-electron chi connectivity index (χ4n) is 8.48. The van der Waals surface area contributed by atoms with Gasteiger partial charge in [0.1, 0.15) is 12.1 Å². The average Bonchev–Trinajstić information content (AvgIpc) is 3.54. The number of carbonyl (C=O) groups is 5. The number of Topliss-reactive ketones (excluding diaryl/α,β-unsaturated/α-hetero) is 1. The van der Waals surface area contributed by atoms with E-state index in [-0.39, 0.29) is 48.7 Å². The summed E-state index contributed by atoms with van der Waals surface area (Å²) in [6.07, 6.45) is 6.09. The molecule has 4 N–H and O–H groups in total. The van der Waals surface area contributed by atoms with Crippen LogP contribution in [0.4, 0.5) is 4.79 Å². The van der Waals surface area contributed by atoms with Crippen molar-refractivity contribution in [3.8, 4) is 0 Å². The fraction of sp³-hybridized carbons (Fsp3) is 0.757. The van der Waals surface area contributed by atoms with Crippen molar-refractivity contribution in [1.29, 1.82) is 0 Å². The molecule has 2 aliphatic heterocycles. The molecule has 2 saturated carbocycles. The summed E-state index contributed by atoms with van der Waals surface area (Å²) in [7, 11) is -3.68. The lowest BCUT2D eigenvalue weighted by Gasteiger charge is -2.38. The minimum atomic E-state index is -3.68. The smallest absolute Gasteiger partial charge is 0.315 e. The van der Waals surface area contributed by atoms with Crippen molar-refractivity contribution in [3.05, 3.63) is 16.3 Å². The molecule has 0 bridgehead atoms. The highest BCUT2D eigenvalue weighted by atomic mass is 32.2. The number of likely N-dealkylation sites (tertiary alicyclic amines) is 1. The van der Waals surface area contributed by atoms with Gasteiger partial charge in [0.25, 0.3) is 5.91 Å². The highest BCUT2D eigenvalue weighted by Crippen LogP contribution is 2.65. The maximum atomic E-state index is 14.7. The molecule has 5 rings (SSSR count). The van der Waals surface area contributed by atoms with Crippen molar-refractivity contribution in [1.82, 2.24) is 30.5 Å². The maximum absolute atomic E-state index is 14.7. The Balaban J connectivity index is 1.35. The van der Waals surface area contributed by atoms with Crippen LogP contribution in [0.25, 0.3) is 0 Å². The quantitative estimate of drug-likeness (QED) is 0.209. The van der Waals surface area contributed by atoms with E-state index in [1.165, 1.54) is 15.6 Å². The summed E-state index contributed by atoms with van der Waals surface area (Å²) >= 11 is 1.40. The molecule has 3 fully saturated rings. The molecular formula is C37H58N6O7S2. The number of carbonyl (C=O) groups excluding carboxylic acids is 5. The Bertz CT molecular complexity index is 1630. The molecule has 52 heavy (non-hydrogen) atoms. The number of unbranched alkanes of at least 4 members (excludes halogenated alkanes) is 1. The minimum absolute atomic E-state index is 0.0731. The van der Waals surface area contributed by atoms with Gasteiger partial charge in [0.05, 0.1) is 10.9 Å². The van der Waals surface area contributed by atoms with Crippen molar-refractivity contribution in [2.45, 2.75) is 135 Å². The number of ketones is 1. The zero-order valence-corrected chi connectivity index (χ0v) is 33.4. The van der Waals surface area contributed by atoms with E-state index in [1.54, 1.807) is 23.3 Å². The Morgan fingerprint density at radius 3 is 2.33 bits per heavy atom. The lowest BCUT2D eigenvalue weighted by atomic mass is 9.83. The average molecular weight is 763 g/mol.